The van der Waals surface area contributed by atoms with E-state index in [4.69, 9.17) is 51.4 Å². The number of rotatable bonds is 2. The molecule has 6 rings (SSSR count). The zero-order valence-electron chi connectivity index (χ0n) is 19.2. The lowest BCUT2D eigenvalue weighted by Gasteiger charge is -2.37. The number of allylic oxidation sites excluding steroid dienone is 2. The summed E-state index contributed by atoms with van der Waals surface area (Å²) in [7, 11) is 0. The summed E-state index contributed by atoms with van der Waals surface area (Å²) in [5, 5.41) is 1.05. The first-order valence-electron chi connectivity index (χ1n) is 11.5. The molecule has 6 heterocycles. The standard InChI is InChI=1S/C27H21Cl4N5/c1-2-36-20-8-9-23(36)27(31,22-5-3-4-14-32-22)26(30)13-11-21(35-26)24(28)25(29)12-10-19(34-25)15-17-6-7-18(16-20)33-17/h3-16,24,33H,2H2,1H3. The molecule has 36 heavy (non-hydrogen) atoms. The van der Waals surface area contributed by atoms with Gasteiger partial charge in [-0.3, -0.25) is 15.0 Å². The molecule has 9 heteroatoms. The van der Waals surface area contributed by atoms with Crippen molar-refractivity contribution in [3.8, 4) is 0 Å². The molecule has 5 nitrogen and oxygen atoms in total. The minimum atomic E-state index is -1.42. The summed E-state index contributed by atoms with van der Waals surface area (Å²) in [6.07, 6.45) is 12.9. The first-order valence-corrected chi connectivity index (χ1v) is 13.1. The Morgan fingerprint density at radius 3 is 2.50 bits per heavy atom. The zero-order chi connectivity index (χ0) is 25.1. The van der Waals surface area contributed by atoms with Crippen LogP contribution in [0.5, 0.6) is 0 Å². The maximum absolute atomic E-state index is 7.60. The highest BCUT2D eigenvalue weighted by Crippen LogP contribution is 2.53. The van der Waals surface area contributed by atoms with E-state index in [2.05, 4.69) is 32.5 Å². The quantitative estimate of drug-likeness (QED) is 0.356. The fraction of sp³-hybridized carbons (Fsp3) is 0.222. The zero-order valence-corrected chi connectivity index (χ0v) is 22.2. The number of alkyl halides is 4. The predicted molar refractivity (Wildman–Crippen MR) is 149 cm³/mol. The third-order valence-electron chi connectivity index (χ3n) is 6.69. The molecule has 0 saturated heterocycles. The van der Waals surface area contributed by atoms with Crippen molar-refractivity contribution < 1.29 is 0 Å². The second-order valence-electron chi connectivity index (χ2n) is 8.92. The Morgan fingerprint density at radius 1 is 0.944 bits per heavy atom. The van der Waals surface area contributed by atoms with Crippen LogP contribution in [0, 0.1) is 0 Å². The number of pyridine rings is 1. The Kier molecular flexibility index (Phi) is 5.61. The van der Waals surface area contributed by atoms with E-state index in [0.717, 1.165) is 22.1 Å². The molecular weight excluding hydrogens is 536 g/mol. The Bertz CT molecular complexity index is 1600. The number of hydrogen-bond donors (Lipinski definition) is 1. The SMILES string of the molecule is CCn1c2ccc1C(Cl)(c1ccccn1)C1(Cl)C=CC(=N1)C(Cl)C1(Cl)C=CC(=N1)C=c1ccc([nH]1)=C2. The molecule has 0 fully saturated rings. The first-order chi connectivity index (χ1) is 17.3. The molecule has 3 aromatic heterocycles. The molecule has 182 valence electrons. The third-order valence-corrected chi connectivity index (χ3v) is 9.06. The number of aliphatic imine (C=N–C) groups is 2. The average molecular weight is 557 g/mol. The Labute approximate surface area is 228 Å². The van der Waals surface area contributed by atoms with E-state index in [-0.39, 0.29) is 0 Å². The van der Waals surface area contributed by atoms with Crippen molar-refractivity contribution in [2.24, 2.45) is 9.98 Å². The van der Waals surface area contributed by atoms with Crippen LogP contribution in [0.4, 0.5) is 0 Å². The molecule has 1 N–H and O–H groups in total. The lowest BCUT2D eigenvalue weighted by Crippen LogP contribution is -2.43. The fourth-order valence-corrected chi connectivity index (χ4v) is 6.18. The lowest BCUT2D eigenvalue weighted by molar-refractivity contribution is 0.520. The molecule has 4 atom stereocenters. The second kappa shape index (κ2) is 8.49. The summed E-state index contributed by atoms with van der Waals surface area (Å²) in [6, 6.07) is 13.6. The van der Waals surface area contributed by atoms with Gasteiger partial charge in [0, 0.05) is 34.8 Å². The third kappa shape index (κ3) is 3.56. The first kappa shape index (κ1) is 23.8. The number of nitrogens with one attached hydrogen (secondary N) is 1. The van der Waals surface area contributed by atoms with Crippen LogP contribution in [0.15, 0.2) is 83.0 Å². The summed E-state index contributed by atoms with van der Waals surface area (Å²) < 4.78 is 2.12. The van der Waals surface area contributed by atoms with Gasteiger partial charge in [-0.1, -0.05) is 29.3 Å². The van der Waals surface area contributed by atoms with E-state index < -0.39 is 20.2 Å². The van der Waals surface area contributed by atoms with Crippen LogP contribution in [-0.2, 0) is 11.4 Å². The Hall–Kier alpha value is -2.57. The van der Waals surface area contributed by atoms with Gasteiger partial charge in [0.2, 0.25) is 0 Å². The van der Waals surface area contributed by atoms with Gasteiger partial charge in [0.05, 0.1) is 17.1 Å². The minimum absolute atomic E-state index is 0.493. The van der Waals surface area contributed by atoms with Gasteiger partial charge in [0.25, 0.3) is 0 Å². The molecular formula is C27H21Cl4N5. The highest BCUT2D eigenvalue weighted by molar-refractivity contribution is 6.45. The van der Waals surface area contributed by atoms with E-state index in [9.17, 15) is 0 Å². The smallest absolute Gasteiger partial charge is 0.183 e. The molecule has 0 spiro atoms. The van der Waals surface area contributed by atoms with Crippen molar-refractivity contribution in [3.05, 3.63) is 101 Å². The van der Waals surface area contributed by atoms with Crippen LogP contribution >= 0.6 is 46.4 Å². The van der Waals surface area contributed by atoms with Gasteiger partial charge >= 0.3 is 0 Å². The normalized spacial score (nSPS) is 30.5. The molecule has 3 aliphatic rings. The number of nitrogens with zero attached hydrogens (tertiary/aromatic N) is 4. The number of fused-ring (bicyclic) bond motifs is 6. The van der Waals surface area contributed by atoms with Crippen molar-refractivity contribution in [1.29, 1.82) is 0 Å². The number of aromatic amines is 1. The van der Waals surface area contributed by atoms with Crippen molar-refractivity contribution in [3.63, 3.8) is 0 Å². The topological polar surface area (TPSA) is 58.3 Å². The summed E-state index contributed by atoms with van der Waals surface area (Å²) in [5.41, 5.74) is 3.50. The van der Waals surface area contributed by atoms with Gasteiger partial charge in [-0.05, 0) is 79.8 Å². The molecule has 0 saturated carbocycles. The van der Waals surface area contributed by atoms with Crippen LogP contribution in [0.1, 0.15) is 24.0 Å². The predicted octanol–water partition coefficient (Wildman–Crippen LogP) is 4.84. The molecule has 0 amide bonds. The van der Waals surface area contributed by atoms with E-state index in [1.54, 1.807) is 24.4 Å². The highest BCUT2D eigenvalue weighted by Gasteiger charge is 2.56. The van der Waals surface area contributed by atoms with Crippen LogP contribution in [0.25, 0.3) is 12.2 Å². The largest absolute Gasteiger partial charge is 0.355 e. The van der Waals surface area contributed by atoms with Crippen molar-refractivity contribution >= 4 is 70.0 Å². The molecule has 0 radical (unpaired) electrons. The number of halogens is 4. The van der Waals surface area contributed by atoms with Crippen LogP contribution in [0.2, 0.25) is 0 Å². The number of aromatic nitrogens is 3. The van der Waals surface area contributed by atoms with Gasteiger partial charge in [0.1, 0.15) is 5.38 Å². The number of H-pyrrole nitrogens is 1. The van der Waals surface area contributed by atoms with Gasteiger partial charge < -0.3 is 9.55 Å². The maximum atomic E-state index is 7.60. The van der Waals surface area contributed by atoms with Crippen LogP contribution in [-0.4, -0.2) is 41.3 Å². The summed E-state index contributed by atoms with van der Waals surface area (Å²) >= 11 is 28.7. The minimum Gasteiger partial charge on any atom is -0.355 e. The Balaban J connectivity index is 1.67. The molecule has 8 bridgehead atoms. The van der Waals surface area contributed by atoms with Gasteiger partial charge in [-0.25, -0.2) is 0 Å². The van der Waals surface area contributed by atoms with E-state index in [1.165, 1.54) is 0 Å². The summed E-state index contributed by atoms with van der Waals surface area (Å²) in [6.45, 7) is 2.72. The van der Waals surface area contributed by atoms with Gasteiger partial charge in [-0.15, -0.1) is 23.2 Å². The second-order valence-corrected chi connectivity index (χ2v) is 11.1. The van der Waals surface area contributed by atoms with Crippen LogP contribution in [0.3, 0.4) is 0 Å². The lowest BCUT2D eigenvalue weighted by atomic mass is 9.90. The highest BCUT2D eigenvalue weighted by atomic mass is 35.5. The molecule has 3 aromatic rings. The Morgan fingerprint density at radius 2 is 1.75 bits per heavy atom. The molecule has 4 unspecified atom stereocenters. The van der Waals surface area contributed by atoms with E-state index in [1.807, 2.05) is 54.6 Å². The van der Waals surface area contributed by atoms with Crippen LogP contribution < -0.4 is 10.7 Å². The fourth-order valence-electron chi connectivity index (χ4n) is 4.93. The van der Waals surface area contributed by atoms with Gasteiger partial charge in [-0.2, -0.15) is 0 Å². The average Bonchev–Trinajstić information content (AvgIpc) is 3.67. The van der Waals surface area contributed by atoms with Crippen molar-refractivity contribution in [1.82, 2.24) is 14.5 Å². The summed E-state index contributed by atoms with van der Waals surface area (Å²) in [5.74, 6) is 0. The van der Waals surface area contributed by atoms with E-state index in [0.29, 0.717) is 23.7 Å². The molecule has 0 aromatic carbocycles. The maximum Gasteiger partial charge on any atom is 0.183 e. The number of hydrogen-bond acceptors (Lipinski definition) is 3. The monoisotopic (exact) mass is 555 g/mol. The molecule has 3 aliphatic heterocycles. The molecule has 0 aliphatic carbocycles. The van der Waals surface area contributed by atoms with Crippen molar-refractivity contribution in [2.75, 3.05) is 0 Å². The van der Waals surface area contributed by atoms with E-state index >= 15 is 0 Å². The summed E-state index contributed by atoms with van der Waals surface area (Å²) in [4.78, 5) is 13.6. The van der Waals surface area contributed by atoms with Gasteiger partial charge in [0.15, 0.2) is 14.9 Å². The van der Waals surface area contributed by atoms with Crippen molar-refractivity contribution in [2.45, 2.75) is 33.7 Å².